The van der Waals surface area contributed by atoms with Gasteiger partial charge in [-0.25, -0.2) is 0 Å². The van der Waals surface area contributed by atoms with Gasteiger partial charge in [-0.05, 0) is 24.1 Å². The Kier molecular flexibility index (Phi) is 2.53. The van der Waals surface area contributed by atoms with Gasteiger partial charge in [-0.1, -0.05) is 12.1 Å². The monoisotopic (exact) mass is 234 g/mol. The molecule has 1 unspecified atom stereocenters. The summed E-state index contributed by atoms with van der Waals surface area (Å²) in [5.41, 5.74) is 10.2. The second-order valence-electron chi connectivity index (χ2n) is 4.23. The van der Waals surface area contributed by atoms with E-state index >= 15 is 0 Å². The lowest BCUT2D eigenvalue weighted by atomic mass is 9.97. The average Bonchev–Trinajstić information content (AvgIpc) is 3.06. The smallest absolute Gasteiger partial charge is 0.233 e. The summed E-state index contributed by atoms with van der Waals surface area (Å²) in [4.78, 5) is 22.7. The van der Waals surface area contributed by atoms with Gasteiger partial charge in [-0.2, -0.15) is 0 Å². The highest BCUT2D eigenvalue weighted by atomic mass is 16.5. The zero-order chi connectivity index (χ0) is 12.6. The molecular formula is C12H14N2O3. The van der Waals surface area contributed by atoms with Crippen molar-refractivity contribution in [2.75, 3.05) is 7.11 Å². The van der Waals surface area contributed by atoms with Gasteiger partial charge < -0.3 is 16.2 Å². The van der Waals surface area contributed by atoms with E-state index in [1.54, 1.807) is 19.2 Å². The predicted octanol–water partition coefficient (Wildman–Crippen LogP) is 0.139. The molecule has 0 spiro atoms. The van der Waals surface area contributed by atoms with Gasteiger partial charge in [-0.3, -0.25) is 9.59 Å². The molecule has 1 aromatic carbocycles. The zero-order valence-corrected chi connectivity index (χ0v) is 9.47. The Hall–Kier alpha value is -2.04. The van der Waals surface area contributed by atoms with Crippen molar-refractivity contribution in [3.63, 3.8) is 0 Å². The molecule has 0 heterocycles. The molecule has 1 fully saturated rings. The van der Waals surface area contributed by atoms with E-state index in [4.69, 9.17) is 16.2 Å². The minimum absolute atomic E-state index is 0.205. The molecule has 0 saturated heterocycles. The van der Waals surface area contributed by atoms with E-state index in [1.165, 1.54) is 0 Å². The molecule has 5 nitrogen and oxygen atoms in total. The van der Waals surface area contributed by atoms with Crippen molar-refractivity contribution in [1.82, 2.24) is 0 Å². The van der Waals surface area contributed by atoms with Crippen LogP contribution in [0.1, 0.15) is 17.9 Å². The summed E-state index contributed by atoms with van der Waals surface area (Å²) in [6.45, 7) is 0. The van der Waals surface area contributed by atoms with Crippen molar-refractivity contribution < 1.29 is 14.3 Å². The lowest BCUT2D eigenvalue weighted by molar-refractivity contribution is -0.133. The second kappa shape index (κ2) is 3.76. The molecule has 1 aromatic rings. The topological polar surface area (TPSA) is 95.4 Å². The van der Waals surface area contributed by atoms with Crippen LogP contribution in [-0.2, 0) is 9.59 Å². The third-order valence-corrected chi connectivity index (χ3v) is 3.36. The molecule has 1 aliphatic rings. The average molecular weight is 234 g/mol. The van der Waals surface area contributed by atoms with Crippen molar-refractivity contribution in [2.45, 2.75) is 12.3 Å². The summed E-state index contributed by atoms with van der Waals surface area (Å²) in [5.74, 6) is -0.779. The fourth-order valence-electron chi connectivity index (χ4n) is 2.17. The Morgan fingerprint density at radius 3 is 2.12 bits per heavy atom. The van der Waals surface area contributed by atoms with Gasteiger partial charge in [0.1, 0.15) is 11.2 Å². The van der Waals surface area contributed by atoms with Gasteiger partial charge in [-0.15, -0.1) is 0 Å². The number of benzene rings is 1. The van der Waals surface area contributed by atoms with Gasteiger partial charge in [0.2, 0.25) is 11.8 Å². The third-order valence-electron chi connectivity index (χ3n) is 3.36. The Labute approximate surface area is 98.7 Å². The van der Waals surface area contributed by atoms with Crippen LogP contribution in [0.5, 0.6) is 5.75 Å². The summed E-state index contributed by atoms with van der Waals surface area (Å²) in [6, 6.07) is 7.19. The second-order valence-corrected chi connectivity index (χ2v) is 4.23. The van der Waals surface area contributed by atoms with Gasteiger partial charge in [0, 0.05) is 5.92 Å². The minimum Gasteiger partial charge on any atom is -0.497 e. The quantitative estimate of drug-likeness (QED) is 0.725. The third kappa shape index (κ3) is 1.63. The van der Waals surface area contributed by atoms with E-state index in [1.807, 2.05) is 12.1 Å². The highest BCUT2D eigenvalue weighted by Gasteiger charge is 2.64. The highest BCUT2D eigenvalue weighted by molar-refractivity contribution is 6.08. The molecule has 0 radical (unpaired) electrons. The molecule has 0 aliphatic heterocycles. The number of ether oxygens (including phenoxy) is 1. The first-order valence-electron chi connectivity index (χ1n) is 5.26. The van der Waals surface area contributed by atoms with Crippen LogP contribution in [0.15, 0.2) is 24.3 Å². The maximum Gasteiger partial charge on any atom is 0.233 e. The van der Waals surface area contributed by atoms with Crippen molar-refractivity contribution >= 4 is 11.8 Å². The van der Waals surface area contributed by atoms with E-state index in [0.717, 1.165) is 11.3 Å². The first-order chi connectivity index (χ1) is 8.02. The normalized spacial score (nSPS) is 20.6. The summed E-state index contributed by atoms with van der Waals surface area (Å²) >= 11 is 0. The molecule has 0 aromatic heterocycles. The van der Waals surface area contributed by atoms with Crippen LogP contribution >= 0.6 is 0 Å². The number of carbonyl (C=O) groups excluding carboxylic acids is 2. The standard InChI is InChI=1S/C12H14N2O3/c1-17-8-4-2-7(3-5-8)9-6-12(9,10(13)15)11(14)16/h2-5,9H,6H2,1H3,(H2,13,15)(H2,14,16). The molecule has 17 heavy (non-hydrogen) atoms. The van der Waals surface area contributed by atoms with Gasteiger partial charge in [0.15, 0.2) is 0 Å². The lowest BCUT2D eigenvalue weighted by Crippen LogP contribution is -2.38. The SMILES string of the molecule is COc1ccc(C2CC2(C(N)=O)C(N)=O)cc1. The highest BCUT2D eigenvalue weighted by Crippen LogP contribution is 2.59. The van der Waals surface area contributed by atoms with Gasteiger partial charge in [0.05, 0.1) is 7.11 Å². The molecule has 2 amide bonds. The maximum absolute atomic E-state index is 11.3. The van der Waals surface area contributed by atoms with Crippen molar-refractivity contribution in [3.05, 3.63) is 29.8 Å². The molecule has 1 saturated carbocycles. The number of amides is 2. The fraction of sp³-hybridized carbons (Fsp3) is 0.333. The van der Waals surface area contributed by atoms with Crippen LogP contribution in [0.2, 0.25) is 0 Å². The fourth-order valence-corrected chi connectivity index (χ4v) is 2.17. The number of nitrogens with two attached hydrogens (primary N) is 2. The molecule has 4 N–H and O–H groups in total. The molecule has 1 aliphatic carbocycles. The zero-order valence-electron chi connectivity index (χ0n) is 9.47. The number of carbonyl (C=O) groups is 2. The first kappa shape index (κ1) is 11.4. The van der Waals surface area contributed by atoms with E-state index in [0.29, 0.717) is 6.42 Å². The van der Waals surface area contributed by atoms with Crippen molar-refractivity contribution in [2.24, 2.45) is 16.9 Å². The Morgan fingerprint density at radius 2 is 1.76 bits per heavy atom. The van der Waals surface area contributed by atoms with E-state index in [9.17, 15) is 9.59 Å². The van der Waals surface area contributed by atoms with Crippen LogP contribution in [0, 0.1) is 5.41 Å². The van der Waals surface area contributed by atoms with Crippen molar-refractivity contribution in [3.8, 4) is 5.75 Å². The van der Waals surface area contributed by atoms with Crippen LogP contribution < -0.4 is 16.2 Å². The summed E-state index contributed by atoms with van der Waals surface area (Å²) in [6.07, 6.45) is 0.393. The Bertz CT molecular complexity index is 453. The first-order valence-corrected chi connectivity index (χ1v) is 5.26. The molecule has 0 bridgehead atoms. The predicted molar refractivity (Wildman–Crippen MR) is 61.2 cm³/mol. The summed E-state index contributed by atoms with van der Waals surface area (Å²) in [7, 11) is 1.57. The molecular weight excluding hydrogens is 220 g/mol. The molecule has 90 valence electrons. The van der Waals surface area contributed by atoms with Gasteiger partial charge >= 0.3 is 0 Å². The Balaban J connectivity index is 2.26. The van der Waals surface area contributed by atoms with Crippen LogP contribution in [0.4, 0.5) is 0 Å². The van der Waals surface area contributed by atoms with E-state index < -0.39 is 17.2 Å². The molecule has 1 atom stereocenters. The van der Waals surface area contributed by atoms with Crippen LogP contribution in [-0.4, -0.2) is 18.9 Å². The summed E-state index contributed by atoms with van der Waals surface area (Å²) < 4.78 is 5.03. The van der Waals surface area contributed by atoms with Crippen molar-refractivity contribution in [1.29, 1.82) is 0 Å². The van der Waals surface area contributed by atoms with E-state index in [2.05, 4.69) is 0 Å². The number of methoxy groups -OCH3 is 1. The molecule has 5 heteroatoms. The lowest BCUT2D eigenvalue weighted by Gasteiger charge is -2.09. The molecule has 2 rings (SSSR count). The number of hydrogen-bond acceptors (Lipinski definition) is 3. The van der Waals surface area contributed by atoms with E-state index in [-0.39, 0.29) is 5.92 Å². The number of rotatable bonds is 4. The maximum atomic E-state index is 11.3. The van der Waals surface area contributed by atoms with Crippen LogP contribution in [0.25, 0.3) is 0 Å². The number of primary amides is 2. The number of hydrogen-bond donors (Lipinski definition) is 2. The van der Waals surface area contributed by atoms with Crippen LogP contribution in [0.3, 0.4) is 0 Å². The minimum atomic E-state index is -1.20. The van der Waals surface area contributed by atoms with Gasteiger partial charge in [0.25, 0.3) is 0 Å². The summed E-state index contributed by atoms with van der Waals surface area (Å²) in [5, 5.41) is 0. The largest absolute Gasteiger partial charge is 0.497 e. The Morgan fingerprint density at radius 1 is 1.24 bits per heavy atom.